The first-order valence-electron chi connectivity index (χ1n) is 6.00. The van der Waals surface area contributed by atoms with Crippen LogP contribution in [-0.4, -0.2) is 17.5 Å². The summed E-state index contributed by atoms with van der Waals surface area (Å²) in [4.78, 5) is 35.0. The van der Waals surface area contributed by atoms with Crippen molar-refractivity contribution in [3.63, 3.8) is 0 Å². The maximum Gasteiger partial charge on any atom is 0.329 e. The first kappa shape index (κ1) is 14.8. The molecule has 6 heteroatoms. The number of rotatable bonds is 3. The Kier molecular flexibility index (Phi) is 4.07. The van der Waals surface area contributed by atoms with Gasteiger partial charge in [-0.25, -0.2) is 8.78 Å². The lowest BCUT2D eigenvalue weighted by atomic mass is 9.96. The number of carbonyl (C=O) groups excluding carboxylic acids is 3. The fourth-order valence-corrected chi connectivity index (χ4v) is 1.83. The van der Waals surface area contributed by atoms with Crippen LogP contribution >= 0.6 is 0 Å². The van der Waals surface area contributed by atoms with E-state index >= 15 is 0 Å². The van der Waals surface area contributed by atoms with Gasteiger partial charge in [0.05, 0.1) is 0 Å². The van der Waals surface area contributed by atoms with Crippen LogP contribution in [0.3, 0.4) is 0 Å². The summed E-state index contributed by atoms with van der Waals surface area (Å²) in [7, 11) is 0. The number of ketones is 2. The van der Waals surface area contributed by atoms with Crippen molar-refractivity contribution in [3.05, 3.63) is 53.3 Å². The van der Waals surface area contributed by atoms with Gasteiger partial charge in [-0.3, -0.25) is 14.4 Å². The Labute approximate surface area is 118 Å². The van der Waals surface area contributed by atoms with Crippen LogP contribution in [-0.2, 0) is 19.1 Å². The van der Waals surface area contributed by atoms with Crippen LogP contribution in [0.2, 0.25) is 0 Å². The highest BCUT2D eigenvalue weighted by atomic mass is 19.1. The summed E-state index contributed by atoms with van der Waals surface area (Å²) in [5.41, 5.74) is -0.422. The van der Waals surface area contributed by atoms with Gasteiger partial charge >= 0.3 is 5.97 Å². The van der Waals surface area contributed by atoms with Gasteiger partial charge in [-0.1, -0.05) is 6.07 Å². The Balaban J connectivity index is 2.24. The Morgan fingerprint density at radius 1 is 1.24 bits per heavy atom. The molecular formula is C15H10F2O4. The Morgan fingerprint density at radius 3 is 2.43 bits per heavy atom. The zero-order valence-corrected chi connectivity index (χ0v) is 10.9. The molecule has 1 unspecified atom stereocenters. The van der Waals surface area contributed by atoms with E-state index in [1.165, 1.54) is 13.0 Å². The van der Waals surface area contributed by atoms with E-state index < -0.39 is 40.7 Å². The molecule has 1 aromatic carbocycles. The molecule has 0 amide bonds. The molecule has 21 heavy (non-hydrogen) atoms. The smallest absolute Gasteiger partial charge is 0.329 e. The van der Waals surface area contributed by atoms with Gasteiger partial charge in [0.25, 0.3) is 0 Å². The predicted octanol–water partition coefficient (Wildman–Crippen LogP) is 2.19. The molecule has 1 aliphatic heterocycles. The number of benzene rings is 1. The van der Waals surface area contributed by atoms with Crippen molar-refractivity contribution in [2.75, 3.05) is 0 Å². The minimum absolute atomic E-state index is 0.0955. The topological polar surface area (TPSA) is 60.4 Å². The van der Waals surface area contributed by atoms with Gasteiger partial charge in [0.2, 0.25) is 0 Å². The molecular weight excluding hydrogens is 282 g/mol. The van der Waals surface area contributed by atoms with Crippen molar-refractivity contribution in [1.29, 1.82) is 0 Å². The van der Waals surface area contributed by atoms with Gasteiger partial charge in [0, 0.05) is 11.6 Å². The Bertz CT molecular complexity index is 669. The third-order valence-electron chi connectivity index (χ3n) is 2.83. The molecule has 0 N–H and O–H groups in total. The third kappa shape index (κ3) is 3.10. The number of halogens is 2. The normalized spacial score (nSPS) is 18.6. The van der Waals surface area contributed by atoms with Crippen molar-refractivity contribution in [2.24, 2.45) is 5.92 Å². The minimum Gasteiger partial charge on any atom is -0.430 e. The lowest BCUT2D eigenvalue weighted by molar-refractivity contribution is -0.151. The van der Waals surface area contributed by atoms with Crippen LogP contribution in [0, 0.1) is 17.6 Å². The Hall–Kier alpha value is -2.63. The van der Waals surface area contributed by atoms with Gasteiger partial charge in [-0.05, 0) is 31.2 Å². The standard InChI is InChI=1S/C15H10F2O4/c1-8-7-13(19)14(15(20)21-8)12(18)6-5-9-10(16)3-2-4-11(9)17/h2-7,14H,1H3. The molecule has 0 saturated heterocycles. The number of allylic oxidation sites excluding steroid dienone is 3. The summed E-state index contributed by atoms with van der Waals surface area (Å²) >= 11 is 0. The maximum atomic E-state index is 13.4. The quantitative estimate of drug-likeness (QED) is 0.487. The molecule has 108 valence electrons. The first-order valence-corrected chi connectivity index (χ1v) is 6.00. The average molecular weight is 292 g/mol. The number of carbonyl (C=O) groups is 3. The van der Waals surface area contributed by atoms with Gasteiger partial charge in [-0.15, -0.1) is 0 Å². The molecule has 0 radical (unpaired) electrons. The van der Waals surface area contributed by atoms with E-state index in [-0.39, 0.29) is 5.76 Å². The van der Waals surface area contributed by atoms with E-state index in [0.717, 1.165) is 30.4 Å². The third-order valence-corrected chi connectivity index (χ3v) is 2.83. The second-order valence-electron chi connectivity index (χ2n) is 4.38. The molecule has 1 aliphatic rings. The van der Waals surface area contributed by atoms with Crippen molar-refractivity contribution in [1.82, 2.24) is 0 Å². The fourth-order valence-electron chi connectivity index (χ4n) is 1.83. The van der Waals surface area contributed by atoms with Crippen LogP contribution < -0.4 is 0 Å². The molecule has 0 spiro atoms. The first-order chi connectivity index (χ1) is 9.90. The van der Waals surface area contributed by atoms with E-state index in [9.17, 15) is 23.2 Å². The summed E-state index contributed by atoms with van der Waals surface area (Å²) in [5, 5.41) is 0. The molecule has 1 heterocycles. The highest BCUT2D eigenvalue weighted by Gasteiger charge is 2.36. The Morgan fingerprint density at radius 2 is 1.86 bits per heavy atom. The summed E-state index contributed by atoms with van der Waals surface area (Å²) in [5.74, 6) is -5.84. The molecule has 0 aromatic heterocycles. The van der Waals surface area contributed by atoms with Crippen molar-refractivity contribution >= 4 is 23.6 Å². The molecule has 4 nitrogen and oxygen atoms in total. The minimum atomic E-state index is -1.63. The SMILES string of the molecule is CC1=CC(=O)C(C(=O)C=Cc2c(F)cccc2F)C(=O)O1. The zero-order valence-electron chi connectivity index (χ0n) is 10.9. The van der Waals surface area contributed by atoms with Gasteiger partial charge in [-0.2, -0.15) is 0 Å². The maximum absolute atomic E-state index is 13.4. The van der Waals surface area contributed by atoms with Gasteiger partial charge < -0.3 is 4.74 Å². The number of hydrogen-bond donors (Lipinski definition) is 0. The zero-order chi connectivity index (χ0) is 15.6. The lowest BCUT2D eigenvalue weighted by Gasteiger charge is -2.15. The second kappa shape index (κ2) is 5.78. The van der Waals surface area contributed by atoms with E-state index in [0.29, 0.717) is 0 Å². The van der Waals surface area contributed by atoms with Crippen molar-refractivity contribution in [2.45, 2.75) is 6.92 Å². The van der Waals surface area contributed by atoms with Crippen LogP contribution in [0.15, 0.2) is 36.1 Å². The summed E-state index contributed by atoms with van der Waals surface area (Å²) in [6.07, 6.45) is 2.71. The van der Waals surface area contributed by atoms with Crippen LogP contribution in [0.4, 0.5) is 8.78 Å². The number of esters is 1. The molecule has 1 atom stereocenters. The van der Waals surface area contributed by atoms with Crippen molar-refractivity contribution < 1.29 is 27.9 Å². The number of ether oxygens (including phenoxy) is 1. The highest BCUT2D eigenvalue weighted by Crippen LogP contribution is 2.18. The molecule has 2 rings (SSSR count). The van der Waals surface area contributed by atoms with Crippen LogP contribution in [0.25, 0.3) is 6.08 Å². The molecule has 0 fully saturated rings. The summed E-state index contributed by atoms with van der Waals surface area (Å²) < 4.78 is 31.4. The summed E-state index contributed by atoms with van der Waals surface area (Å²) in [6.45, 7) is 1.40. The number of cyclic esters (lactones) is 1. The van der Waals surface area contributed by atoms with Crippen LogP contribution in [0.5, 0.6) is 0 Å². The van der Waals surface area contributed by atoms with Crippen molar-refractivity contribution in [3.8, 4) is 0 Å². The van der Waals surface area contributed by atoms with Gasteiger partial charge in [0.15, 0.2) is 17.5 Å². The lowest BCUT2D eigenvalue weighted by Crippen LogP contribution is -2.34. The molecule has 0 saturated carbocycles. The fraction of sp³-hybridized carbons (Fsp3) is 0.133. The highest BCUT2D eigenvalue weighted by molar-refractivity contribution is 6.25. The predicted molar refractivity (Wildman–Crippen MR) is 68.7 cm³/mol. The molecule has 0 aliphatic carbocycles. The molecule has 1 aromatic rings. The monoisotopic (exact) mass is 292 g/mol. The van der Waals surface area contributed by atoms with E-state index in [1.807, 2.05) is 0 Å². The summed E-state index contributed by atoms with van der Waals surface area (Å²) in [6, 6.07) is 3.23. The molecule has 0 bridgehead atoms. The van der Waals surface area contributed by atoms with E-state index in [2.05, 4.69) is 4.74 Å². The largest absolute Gasteiger partial charge is 0.430 e. The van der Waals surface area contributed by atoms with Gasteiger partial charge in [0.1, 0.15) is 17.4 Å². The average Bonchev–Trinajstić information content (AvgIpc) is 2.36. The van der Waals surface area contributed by atoms with E-state index in [4.69, 9.17) is 0 Å². The second-order valence-corrected chi connectivity index (χ2v) is 4.38. The number of hydrogen-bond acceptors (Lipinski definition) is 4. The van der Waals surface area contributed by atoms with E-state index in [1.54, 1.807) is 0 Å². The van der Waals surface area contributed by atoms with Crippen LogP contribution in [0.1, 0.15) is 12.5 Å².